The molecule has 0 N–H and O–H groups in total. The average Bonchev–Trinajstić information content (AvgIpc) is 3.28. The quantitative estimate of drug-likeness (QED) is 0.378. The Morgan fingerprint density at radius 3 is 1.79 bits per heavy atom. The van der Waals surface area contributed by atoms with Crippen molar-refractivity contribution >= 4 is 18.0 Å². The molecule has 0 aromatic heterocycles. The summed E-state index contributed by atoms with van der Waals surface area (Å²) in [6.45, 7) is 11.6. The zero-order valence-electron chi connectivity index (χ0n) is 20.1. The van der Waals surface area contributed by atoms with Crippen molar-refractivity contribution in [2.45, 2.75) is 13.1 Å². The molecule has 1 aliphatic rings. The lowest BCUT2D eigenvalue weighted by molar-refractivity contribution is 0.143. The van der Waals surface area contributed by atoms with Crippen molar-refractivity contribution in [3.05, 3.63) is 114 Å². The van der Waals surface area contributed by atoms with Crippen LogP contribution in [0, 0.1) is 0 Å². The summed E-state index contributed by atoms with van der Waals surface area (Å²) in [6.07, 6.45) is 4.23. The van der Waals surface area contributed by atoms with Gasteiger partial charge in [-0.15, -0.1) is 0 Å². The summed E-state index contributed by atoms with van der Waals surface area (Å²) in [7, 11) is 0. The molecule has 0 saturated carbocycles. The van der Waals surface area contributed by atoms with E-state index in [4.69, 9.17) is 4.99 Å². The fraction of sp³-hybridized carbons (Fsp3) is 0.267. The van der Waals surface area contributed by atoms with Crippen molar-refractivity contribution in [3.8, 4) is 0 Å². The van der Waals surface area contributed by atoms with Crippen LogP contribution in [0.3, 0.4) is 0 Å². The van der Waals surface area contributed by atoms with Crippen molar-refractivity contribution in [2.75, 3.05) is 39.3 Å². The first-order valence-electron chi connectivity index (χ1n) is 12.0. The Hall–Kier alpha value is -3.34. The Morgan fingerprint density at radius 2 is 1.26 bits per heavy atom. The first-order chi connectivity index (χ1) is 16.7. The normalized spacial score (nSPS) is 17.1. The van der Waals surface area contributed by atoms with Gasteiger partial charge in [-0.1, -0.05) is 97.1 Å². The maximum absolute atomic E-state index is 4.71. The number of benzene rings is 3. The van der Waals surface area contributed by atoms with Gasteiger partial charge in [-0.2, -0.15) is 0 Å². The highest BCUT2D eigenvalue weighted by molar-refractivity contribution is 5.80. The van der Waals surface area contributed by atoms with E-state index in [9.17, 15) is 0 Å². The molecular formula is C30H34N4. The number of nitrogens with zero attached hydrogens (tertiary/aromatic N) is 4. The monoisotopic (exact) mass is 450 g/mol. The van der Waals surface area contributed by atoms with Gasteiger partial charge >= 0.3 is 0 Å². The van der Waals surface area contributed by atoms with Gasteiger partial charge in [0.25, 0.3) is 0 Å². The lowest BCUT2D eigenvalue weighted by atomic mass is 10.1. The van der Waals surface area contributed by atoms with Crippen LogP contribution >= 0.6 is 0 Å². The molecule has 1 saturated heterocycles. The fourth-order valence-corrected chi connectivity index (χ4v) is 4.35. The second-order valence-electron chi connectivity index (χ2n) is 8.74. The smallest absolute Gasteiger partial charge is 0.0888 e. The first-order valence-corrected chi connectivity index (χ1v) is 12.0. The van der Waals surface area contributed by atoms with Crippen LogP contribution in [-0.4, -0.2) is 61.5 Å². The number of rotatable bonds is 10. The van der Waals surface area contributed by atoms with E-state index >= 15 is 0 Å². The van der Waals surface area contributed by atoms with Gasteiger partial charge in [0.1, 0.15) is 0 Å². The minimum atomic E-state index is 0.276. The van der Waals surface area contributed by atoms with Crippen LogP contribution in [0.25, 0.3) is 5.57 Å². The summed E-state index contributed by atoms with van der Waals surface area (Å²) < 4.78 is 0. The second-order valence-corrected chi connectivity index (χ2v) is 8.74. The molecule has 1 atom stereocenters. The molecule has 1 fully saturated rings. The van der Waals surface area contributed by atoms with Crippen LogP contribution in [0.1, 0.15) is 35.3 Å². The highest BCUT2D eigenvalue weighted by Crippen LogP contribution is 2.29. The van der Waals surface area contributed by atoms with E-state index in [1.54, 1.807) is 0 Å². The SMILES string of the molecule is C=C(C)c1ccc(C=NCCN2CCN(CCN=Cc3ccccc3)C2c2ccccc2)cc1. The van der Waals surface area contributed by atoms with E-state index in [1.165, 1.54) is 11.1 Å². The summed E-state index contributed by atoms with van der Waals surface area (Å²) >= 11 is 0. The van der Waals surface area contributed by atoms with Crippen LogP contribution in [0.2, 0.25) is 0 Å². The van der Waals surface area contributed by atoms with Gasteiger partial charge in [0.15, 0.2) is 0 Å². The molecule has 1 unspecified atom stereocenters. The predicted octanol–water partition coefficient (Wildman–Crippen LogP) is 5.57. The highest BCUT2D eigenvalue weighted by atomic mass is 15.4. The second kappa shape index (κ2) is 12.2. The summed E-state index contributed by atoms with van der Waals surface area (Å²) in [5.41, 5.74) is 5.88. The Kier molecular flexibility index (Phi) is 8.55. The van der Waals surface area contributed by atoms with Crippen molar-refractivity contribution in [3.63, 3.8) is 0 Å². The molecule has 0 radical (unpaired) electrons. The van der Waals surface area contributed by atoms with Crippen LogP contribution < -0.4 is 0 Å². The van der Waals surface area contributed by atoms with Crippen LogP contribution in [-0.2, 0) is 0 Å². The van der Waals surface area contributed by atoms with E-state index in [0.29, 0.717) is 0 Å². The Labute approximate surface area is 204 Å². The zero-order valence-corrected chi connectivity index (χ0v) is 20.1. The molecule has 0 bridgehead atoms. The first kappa shape index (κ1) is 23.8. The summed E-state index contributed by atoms with van der Waals surface area (Å²) in [6, 6.07) is 29.5. The summed E-state index contributed by atoms with van der Waals surface area (Å²) in [4.78, 5) is 14.5. The number of hydrogen-bond donors (Lipinski definition) is 0. The molecule has 0 amide bonds. The van der Waals surface area contributed by atoms with Crippen molar-refractivity contribution < 1.29 is 0 Å². The summed E-state index contributed by atoms with van der Waals surface area (Å²) in [5.74, 6) is 0. The van der Waals surface area contributed by atoms with Crippen LogP contribution in [0.15, 0.2) is 101 Å². The third-order valence-corrected chi connectivity index (χ3v) is 6.18. The van der Waals surface area contributed by atoms with Crippen molar-refractivity contribution in [1.29, 1.82) is 0 Å². The van der Waals surface area contributed by atoms with Gasteiger partial charge in [0.05, 0.1) is 19.3 Å². The molecule has 3 aromatic carbocycles. The van der Waals surface area contributed by atoms with Gasteiger partial charge in [0, 0.05) is 38.6 Å². The Bertz CT molecular complexity index is 1090. The summed E-state index contributed by atoms with van der Waals surface area (Å²) in [5, 5.41) is 0. The highest BCUT2D eigenvalue weighted by Gasteiger charge is 2.32. The Balaban J connectivity index is 1.34. The standard InChI is InChI=1S/C30H34N4/c1-25(2)28-15-13-27(14-16-28)24-32-18-20-34-22-21-33(30(34)29-11-7-4-8-12-29)19-17-31-23-26-9-5-3-6-10-26/h3-16,23-24,30H,1,17-22H2,2H3. The molecule has 34 heavy (non-hydrogen) atoms. The van der Waals surface area contributed by atoms with Crippen LogP contribution in [0.4, 0.5) is 0 Å². The van der Waals surface area contributed by atoms with Gasteiger partial charge < -0.3 is 0 Å². The predicted molar refractivity (Wildman–Crippen MR) is 145 cm³/mol. The minimum Gasteiger partial charge on any atom is -0.291 e. The topological polar surface area (TPSA) is 31.2 Å². The minimum absolute atomic E-state index is 0.276. The molecule has 4 nitrogen and oxygen atoms in total. The number of allylic oxidation sites excluding steroid dienone is 1. The molecule has 4 heteroatoms. The largest absolute Gasteiger partial charge is 0.291 e. The molecule has 1 heterocycles. The molecule has 3 aromatic rings. The molecule has 0 spiro atoms. The van der Waals surface area contributed by atoms with E-state index < -0.39 is 0 Å². The van der Waals surface area contributed by atoms with Gasteiger partial charge in [0.2, 0.25) is 0 Å². The number of aliphatic imine (C=N–C) groups is 2. The zero-order chi connectivity index (χ0) is 23.6. The van der Waals surface area contributed by atoms with Crippen molar-refractivity contribution in [1.82, 2.24) is 9.80 Å². The van der Waals surface area contributed by atoms with E-state index in [-0.39, 0.29) is 6.17 Å². The molecule has 174 valence electrons. The van der Waals surface area contributed by atoms with Gasteiger partial charge in [-0.05, 0) is 29.2 Å². The van der Waals surface area contributed by atoms with Gasteiger partial charge in [-0.3, -0.25) is 19.8 Å². The van der Waals surface area contributed by atoms with Gasteiger partial charge in [-0.25, -0.2) is 0 Å². The maximum Gasteiger partial charge on any atom is 0.0888 e. The molecule has 1 aliphatic heterocycles. The lowest BCUT2D eigenvalue weighted by Crippen LogP contribution is -2.33. The maximum atomic E-state index is 4.71. The van der Waals surface area contributed by atoms with E-state index in [0.717, 1.165) is 56.0 Å². The number of hydrogen-bond acceptors (Lipinski definition) is 4. The third kappa shape index (κ3) is 6.60. The van der Waals surface area contributed by atoms with Crippen molar-refractivity contribution in [2.24, 2.45) is 9.98 Å². The van der Waals surface area contributed by atoms with Crippen LogP contribution in [0.5, 0.6) is 0 Å². The Morgan fingerprint density at radius 1 is 0.765 bits per heavy atom. The molecule has 0 aliphatic carbocycles. The van der Waals surface area contributed by atoms with E-state index in [2.05, 4.69) is 88.1 Å². The lowest BCUT2D eigenvalue weighted by Gasteiger charge is -2.30. The third-order valence-electron chi connectivity index (χ3n) is 6.18. The average molecular weight is 451 g/mol. The molecule has 4 rings (SSSR count). The van der Waals surface area contributed by atoms with E-state index in [1.807, 2.05) is 37.6 Å². The fourth-order valence-electron chi connectivity index (χ4n) is 4.35. The molecular weight excluding hydrogens is 416 g/mol.